The first kappa shape index (κ1) is 16.3. The predicted octanol–water partition coefficient (Wildman–Crippen LogP) is 4.59. The summed E-state index contributed by atoms with van der Waals surface area (Å²) in [6.07, 6.45) is 8.55. The minimum atomic E-state index is 0.539. The van der Waals surface area contributed by atoms with Crippen molar-refractivity contribution in [2.75, 3.05) is 5.32 Å². The maximum Gasteiger partial charge on any atom is 0.184 e. The molecule has 0 radical (unpaired) electrons. The van der Waals surface area contributed by atoms with Crippen molar-refractivity contribution in [3.63, 3.8) is 0 Å². The number of fused-ring (bicyclic) bond motifs is 3. The van der Waals surface area contributed by atoms with Gasteiger partial charge in [0.25, 0.3) is 0 Å². The van der Waals surface area contributed by atoms with Gasteiger partial charge in [0, 0.05) is 23.5 Å². The number of pyridine rings is 1. The number of anilines is 1. The fourth-order valence-electron chi connectivity index (χ4n) is 4.02. The van der Waals surface area contributed by atoms with Crippen LogP contribution >= 0.6 is 0 Å². The molecule has 0 bridgehead atoms. The van der Waals surface area contributed by atoms with Crippen LogP contribution in [0.15, 0.2) is 12.1 Å². The van der Waals surface area contributed by atoms with Crippen LogP contribution in [0.3, 0.4) is 0 Å². The van der Waals surface area contributed by atoms with Crippen molar-refractivity contribution in [2.24, 2.45) is 0 Å². The molecule has 0 unspecified atom stereocenters. The first-order chi connectivity index (χ1) is 12.2. The summed E-state index contributed by atoms with van der Waals surface area (Å²) in [5, 5.41) is 9.61. The Hall–Kier alpha value is -2.17. The van der Waals surface area contributed by atoms with Crippen LogP contribution in [0.5, 0.6) is 0 Å². The van der Waals surface area contributed by atoms with Crippen LogP contribution in [0, 0.1) is 13.8 Å². The number of aromatic nitrogens is 4. The summed E-state index contributed by atoms with van der Waals surface area (Å²) in [4.78, 5) is 9.56. The lowest BCUT2D eigenvalue weighted by Gasteiger charge is -2.24. The molecule has 1 fully saturated rings. The molecule has 0 aliphatic heterocycles. The summed E-state index contributed by atoms with van der Waals surface area (Å²) in [5.74, 6) is 1.07. The lowest BCUT2D eigenvalue weighted by molar-refractivity contribution is 0.461. The lowest BCUT2D eigenvalue weighted by atomic mass is 9.95. The van der Waals surface area contributed by atoms with Crippen molar-refractivity contribution < 1.29 is 0 Å². The molecule has 0 saturated heterocycles. The monoisotopic (exact) mass is 337 g/mol. The number of aryl methyl sites for hydroxylation is 3. The largest absolute Gasteiger partial charge is 0.367 e. The molecular weight excluding hydrogens is 310 g/mol. The lowest BCUT2D eigenvalue weighted by Crippen LogP contribution is -2.24. The van der Waals surface area contributed by atoms with Crippen molar-refractivity contribution in [2.45, 2.75) is 71.8 Å². The Labute approximate surface area is 148 Å². The fourth-order valence-corrected chi connectivity index (χ4v) is 4.02. The molecule has 1 aliphatic carbocycles. The zero-order valence-corrected chi connectivity index (χ0v) is 15.5. The van der Waals surface area contributed by atoms with Crippen molar-refractivity contribution in [3.05, 3.63) is 29.1 Å². The highest BCUT2D eigenvalue weighted by atomic mass is 15.3. The van der Waals surface area contributed by atoms with Gasteiger partial charge in [-0.15, -0.1) is 5.10 Å². The van der Waals surface area contributed by atoms with E-state index in [-0.39, 0.29) is 0 Å². The first-order valence-electron chi connectivity index (χ1n) is 9.59. The molecule has 3 aromatic rings. The minimum absolute atomic E-state index is 0.539. The van der Waals surface area contributed by atoms with E-state index in [9.17, 15) is 0 Å². The summed E-state index contributed by atoms with van der Waals surface area (Å²) in [6.45, 7) is 6.35. The predicted molar refractivity (Wildman–Crippen MR) is 102 cm³/mol. The summed E-state index contributed by atoms with van der Waals surface area (Å²) in [5.41, 5.74) is 5.07. The Balaban J connectivity index is 1.88. The van der Waals surface area contributed by atoms with E-state index in [2.05, 4.69) is 36.3 Å². The van der Waals surface area contributed by atoms with E-state index in [0.717, 1.165) is 46.7 Å². The summed E-state index contributed by atoms with van der Waals surface area (Å²) in [7, 11) is 0. The van der Waals surface area contributed by atoms with Crippen molar-refractivity contribution in [1.29, 1.82) is 0 Å². The van der Waals surface area contributed by atoms with Crippen molar-refractivity contribution >= 4 is 22.5 Å². The Morgan fingerprint density at radius 3 is 2.68 bits per heavy atom. The second-order valence-corrected chi connectivity index (χ2v) is 7.38. The third-order valence-corrected chi connectivity index (χ3v) is 5.19. The number of nitrogens with one attached hydrogen (secondary N) is 1. The molecule has 0 spiro atoms. The Morgan fingerprint density at radius 1 is 1.12 bits per heavy atom. The Kier molecular flexibility index (Phi) is 4.32. The van der Waals surface area contributed by atoms with Gasteiger partial charge in [-0.3, -0.25) is 0 Å². The first-order valence-corrected chi connectivity index (χ1v) is 9.59. The summed E-state index contributed by atoms with van der Waals surface area (Å²) < 4.78 is 1.97. The van der Waals surface area contributed by atoms with Crippen LogP contribution in [0.4, 0.5) is 5.82 Å². The normalized spacial score (nSPS) is 16.0. The summed E-state index contributed by atoms with van der Waals surface area (Å²) in [6, 6.07) is 4.84. The highest BCUT2D eigenvalue weighted by Gasteiger charge is 2.18. The number of hydrogen-bond donors (Lipinski definition) is 1. The van der Waals surface area contributed by atoms with E-state index in [4.69, 9.17) is 10.1 Å². The highest BCUT2D eigenvalue weighted by molar-refractivity contribution is 5.93. The molecule has 132 valence electrons. The average molecular weight is 337 g/mol. The van der Waals surface area contributed by atoms with Gasteiger partial charge in [-0.05, 0) is 44.7 Å². The topological polar surface area (TPSA) is 55.1 Å². The van der Waals surface area contributed by atoms with Gasteiger partial charge in [0.2, 0.25) is 0 Å². The maximum absolute atomic E-state index is 4.92. The average Bonchev–Trinajstić information content (AvgIpc) is 2.95. The zero-order valence-electron chi connectivity index (χ0n) is 15.5. The molecule has 4 rings (SSSR count). The molecule has 1 saturated carbocycles. The third kappa shape index (κ3) is 3.08. The van der Waals surface area contributed by atoms with E-state index in [1.807, 2.05) is 11.4 Å². The van der Waals surface area contributed by atoms with Crippen molar-refractivity contribution in [1.82, 2.24) is 19.6 Å². The minimum Gasteiger partial charge on any atom is -0.367 e. The van der Waals surface area contributed by atoms with Crippen LogP contribution in [-0.2, 0) is 6.42 Å². The molecule has 0 atom stereocenters. The van der Waals surface area contributed by atoms with Crippen molar-refractivity contribution in [3.8, 4) is 0 Å². The van der Waals surface area contributed by atoms with Crippen LogP contribution in [0.1, 0.15) is 62.4 Å². The molecular formula is C20H27N5. The van der Waals surface area contributed by atoms with Crippen LogP contribution < -0.4 is 5.32 Å². The van der Waals surface area contributed by atoms with E-state index < -0.39 is 0 Å². The Bertz CT molecular complexity index is 905. The third-order valence-electron chi connectivity index (χ3n) is 5.19. The SMILES string of the molecule is CCCc1cc(NC2CCCCC2)n2nc3nc(C)cc(C)c3c2n1. The van der Waals surface area contributed by atoms with Gasteiger partial charge in [-0.1, -0.05) is 32.6 Å². The number of nitrogens with zero attached hydrogens (tertiary/aromatic N) is 4. The maximum atomic E-state index is 4.92. The van der Waals surface area contributed by atoms with Crippen LogP contribution in [0.2, 0.25) is 0 Å². The highest BCUT2D eigenvalue weighted by Crippen LogP contribution is 2.27. The van der Waals surface area contributed by atoms with E-state index in [1.54, 1.807) is 0 Å². The van der Waals surface area contributed by atoms with Gasteiger partial charge in [-0.2, -0.15) is 4.52 Å². The molecule has 1 N–H and O–H groups in total. The van der Waals surface area contributed by atoms with Crippen LogP contribution in [-0.4, -0.2) is 25.6 Å². The molecule has 25 heavy (non-hydrogen) atoms. The smallest absolute Gasteiger partial charge is 0.184 e. The Morgan fingerprint density at radius 2 is 1.92 bits per heavy atom. The van der Waals surface area contributed by atoms with Gasteiger partial charge in [-0.25, -0.2) is 9.97 Å². The standard InChI is InChI=1S/C20H27N5/c1-4-8-16-12-17(22-15-9-6-5-7-10-15)25-20(23-16)18-13(2)11-14(3)21-19(18)24-25/h11-12,15,22H,4-10H2,1-3H3. The molecule has 5 heteroatoms. The van der Waals surface area contributed by atoms with Gasteiger partial charge in [0.15, 0.2) is 11.3 Å². The molecule has 0 aromatic carbocycles. The molecule has 3 heterocycles. The quantitative estimate of drug-likeness (QED) is 0.756. The van der Waals surface area contributed by atoms with E-state index >= 15 is 0 Å². The van der Waals surface area contributed by atoms with E-state index in [0.29, 0.717) is 6.04 Å². The molecule has 3 aromatic heterocycles. The van der Waals surface area contributed by atoms with Gasteiger partial charge >= 0.3 is 0 Å². The second-order valence-electron chi connectivity index (χ2n) is 7.38. The fraction of sp³-hybridized carbons (Fsp3) is 0.550. The summed E-state index contributed by atoms with van der Waals surface area (Å²) >= 11 is 0. The zero-order chi connectivity index (χ0) is 17.4. The van der Waals surface area contributed by atoms with Crippen LogP contribution in [0.25, 0.3) is 16.7 Å². The van der Waals surface area contributed by atoms with E-state index in [1.165, 1.54) is 37.7 Å². The molecule has 0 amide bonds. The number of rotatable bonds is 4. The second kappa shape index (κ2) is 6.62. The van der Waals surface area contributed by atoms with Gasteiger partial charge in [0.1, 0.15) is 5.82 Å². The molecule has 1 aliphatic rings. The molecule has 5 nitrogen and oxygen atoms in total. The number of hydrogen-bond acceptors (Lipinski definition) is 4. The van der Waals surface area contributed by atoms with Gasteiger partial charge < -0.3 is 5.32 Å². The van der Waals surface area contributed by atoms with Gasteiger partial charge in [0.05, 0.1) is 5.39 Å².